The van der Waals surface area contributed by atoms with Crippen molar-refractivity contribution >= 4 is 17.5 Å². The Morgan fingerprint density at radius 1 is 1.03 bits per heavy atom. The predicted octanol–water partition coefficient (Wildman–Crippen LogP) is 4.00. The number of anilines is 1. The minimum absolute atomic E-state index is 0.0132. The van der Waals surface area contributed by atoms with E-state index in [4.69, 9.17) is 4.74 Å². The van der Waals surface area contributed by atoms with Crippen LogP contribution in [0.2, 0.25) is 0 Å². The molecule has 2 aromatic carbocycles. The first-order chi connectivity index (χ1) is 15.6. The lowest BCUT2D eigenvalue weighted by Gasteiger charge is -2.33. The van der Waals surface area contributed by atoms with Gasteiger partial charge in [-0.25, -0.2) is 0 Å². The van der Waals surface area contributed by atoms with Crippen LogP contribution in [0.4, 0.5) is 5.69 Å². The van der Waals surface area contributed by atoms with Gasteiger partial charge in [0, 0.05) is 19.6 Å². The Bertz CT molecular complexity index is 872. The molecule has 1 heterocycles. The largest absolute Gasteiger partial charge is 0.478 e. The summed E-state index contributed by atoms with van der Waals surface area (Å²) in [5, 5.41) is 2.99. The third-order valence-electron chi connectivity index (χ3n) is 5.69. The van der Waals surface area contributed by atoms with Crippen LogP contribution in [0.3, 0.4) is 0 Å². The third kappa shape index (κ3) is 6.57. The molecule has 2 aromatic rings. The van der Waals surface area contributed by atoms with E-state index in [1.165, 1.54) is 5.56 Å². The molecule has 2 amide bonds. The normalized spacial score (nSPS) is 15.4. The average Bonchev–Trinajstić information content (AvgIpc) is 2.82. The molecular formula is C26H35N3O3. The summed E-state index contributed by atoms with van der Waals surface area (Å²) in [4.78, 5) is 29.4. The van der Waals surface area contributed by atoms with Crippen LogP contribution in [0.5, 0.6) is 5.75 Å². The highest BCUT2D eigenvalue weighted by Gasteiger charge is 2.34. The van der Waals surface area contributed by atoms with Crippen LogP contribution in [-0.2, 0) is 16.1 Å². The van der Waals surface area contributed by atoms with Crippen LogP contribution in [0.1, 0.15) is 45.1 Å². The molecule has 1 aliphatic rings. The van der Waals surface area contributed by atoms with E-state index in [0.717, 1.165) is 38.9 Å². The van der Waals surface area contributed by atoms with E-state index in [-0.39, 0.29) is 18.4 Å². The summed E-state index contributed by atoms with van der Waals surface area (Å²) in [6.45, 7) is 7.62. The number of nitrogens with one attached hydrogen (secondary N) is 1. The van der Waals surface area contributed by atoms with E-state index >= 15 is 0 Å². The fourth-order valence-corrected chi connectivity index (χ4v) is 3.92. The van der Waals surface area contributed by atoms with E-state index < -0.39 is 6.10 Å². The van der Waals surface area contributed by atoms with Gasteiger partial charge < -0.3 is 10.1 Å². The molecule has 32 heavy (non-hydrogen) atoms. The summed E-state index contributed by atoms with van der Waals surface area (Å²) in [5.41, 5.74) is 1.97. The monoisotopic (exact) mass is 437 g/mol. The van der Waals surface area contributed by atoms with E-state index in [2.05, 4.69) is 41.4 Å². The number of fused-ring (bicyclic) bond motifs is 1. The number of ether oxygens (including phenoxy) is 1. The zero-order valence-electron chi connectivity index (χ0n) is 19.3. The van der Waals surface area contributed by atoms with Gasteiger partial charge in [0.15, 0.2) is 6.10 Å². The fourth-order valence-electron chi connectivity index (χ4n) is 3.92. The Hall–Kier alpha value is -2.86. The number of hydrogen-bond acceptors (Lipinski definition) is 4. The van der Waals surface area contributed by atoms with Gasteiger partial charge in [-0.1, -0.05) is 62.7 Å². The quantitative estimate of drug-likeness (QED) is 0.510. The Morgan fingerprint density at radius 3 is 2.50 bits per heavy atom. The molecule has 0 radical (unpaired) electrons. The van der Waals surface area contributed by atoms with Gasteiger partial charge in [-0.15, -0.1) is 0 Å². The number of para-hydroxylation sites is 2. The minimum Gasteiger partial charge on any atom is -0.478 e. The van der Waals surface area contributed by atoms with E-state index in [1.807, 2.05) is 37.3 Å². The highest BCUT2D eigenvalue weighted by atomic mass is 16.5. The van der Waals surface area contributed by atoms with E-state index in [1.54, 1.807) is 4.90 Å². The number of hydrogen-bond donors (Lipinski definition) is 1. The van der Waals surface area contributed by atoms with Gasteiger partial charge in [-0.05, 0) is 43.5 Å². The van der Waals surface area contributed by atoms with Crippen molar-refractivity contribution in [3.63, 3.8) is 0 Å². The number of rotatable bonds is 12. The van der Waals surface area contributed by atoms with Crippen molar-refractivity contribution in [1.29, 1.82) is 0 Å². The maximum absolute atomic E-state index is 12.8. The summed E-state index contributed by atoms with van der Waals surface area (Å²) in [6.07, 6.45) is 3.22. The highest BCUT2D eigenvalue weighted by molar-refractivity contribution is 6.03. The Balaban J connectivity index is 1.49. The van der Waals surface area contributed by atoms with Gasteiger partial charge >= 0.3 is 0 Å². The molecular weight excluding hydrogens is 402 g/mol. The van der Waals surface area contributed by atoms with Crippen LogP contribution in [0.15, 0.2) is 54.6 Å². The molecule has 0 spiro atoms. The summed E-state index contributed by atoms with van der Waals surface area (Å²) >= 11 is 0. The van der Waals surface area contributed by atoms with E-state index in [0.29, 0.717) is 24.4 Å². The number of carbonyl (C=O) groups is 2. The first kappa shape index (κ1) is 23.8. The molecule has 6 nitrogen and oxygen atoms in total. The molecule has 6 heteroatoms. The first-order valence-electron chi connectivity index (χ1n) is 11.7. The molecule has 1 unspecified atom stereocenters. The second kappa shape index (κ2) is 12.2. The van der Waals surface area contributed by atoms with Crippen molar-refractivity contribution in [2.24, 2.45) is 0 Å². The zero-order valence-corrected chi connectivity index (χ0v) is 19.3. The molecule has 0 saturated heterocycles. The Labute approximate surface area is 191 Å². The molecule has 1 N–H and O–H groups in total. The molecule has 1 atom stereocenters. The van der Waals surface area contributed by atoms with Gasteiger partial charge in [0.05, 0.1) is 5.69 Å². The zero-order chi connectivity index (χ0) is 22.8. The fraction of sp³-hybridized carbons (Fsp3) is 0.462. The van der Waals surface area contributed by atoms with Gasteiger partial charge in [0.2, 0.25) is 5.91 Å². The molecule has 0 fully saturated rings. The summed E-state index contributed by atoms with van der Waals surface area (Å²) < 4.78 is 5.78. The lowest BCUT2D eigenvalue weighted by molar-refractivity contribution is -0.129. The van der Waals surface area contributed by atoms with Gasteiger partial charge in [-0.3, -0.25) is 19.4 Å². The lowest BCUT2D eigenvalue weighted by atomic mass is 10.1. The smallest absolute Gasteiger partial charge is 0.268 e. The van der Waals surface area contributed by atoms with Crippen molar-refractivity contribution in [3.8, 4) is 5.75 Å². The van der Waals surface area contributed by atoms with Gasteiger partial charge in [0.25, 0.3) is 5.91 Å². The van der Waals surface area contributed by atoms with Crippen LogP contribution in [0, 0.1) is 0 Å². The van der Waals surface area contributed by atoms with Crippen molar-refractivity contribution < 1.29 is 14.3 Å². The number of benzene rings is 2. The van der Waals surface area contributed by atoms with Gasteiger partial charge in [-0.2, -0.15) is 0 Å². The Morgan fingerprint density at radius 2 is 1.75 bits per heavy atom. The van der Waals surface area contributed by atoms with Crippen LogP contribution < -0.4 is 15.0 Å². The topological polar surface area (TPSA) is 61.9 Å². The SMILES string of the molecule is CCCCN(CCCNC(=O)CN1C(=O)C(CC)Oc2ccccc21)Cc1ccccc1. The molecule has 0 aliphatic carbocycles. The summed E-state index contributed by atoms with van der Waals surface area (Å²) in [6, 6.07) is 17.9. The molecule has 0 bridgehead atoms. The standard InChI is InChI=1S/C26H35N3O3/c1-3-5-17-28(19-21-12-7-6-8-13-21)18-11-16-27-25(30)20-29-22-14-9-10-15-24(22)32-23(4-2)26(29)31/h6-10,12-15,23H,3-5,11,16-20H2,1-2H3,(H,27,30). The predicted molar refractivity (Wildman–Crippen MR) is 128 cm³/mol. The van der Waals surface area contributed by atoms with Crippen molar-refractivity contribution in [2.75, 3.05) is 31.1 Å². The second-order valence-corrected chi connectivity index (χ2v) is 8.23. The number of amides is 2. The average molecular weight is 438 g/mol. The van der Waals surface area contributed by atoms with Crippen molar-refractivity contribution in [3.05, 3.63) is 60.2 Å². The third-order valence-corrected chi connectivity index (χ3v) is 5.69. The summed E-state index contributed by atoms with van der Waals surface area (Å²) in [5.74, 6) is 0.349. The first-order valence-corrected chi connectivity index (χ1v) is 11.7. The second-order valence-electron chi connectivity index (χ2n) is 8.23. The number of carbonyl (C=O) groups excluding carboxylic acids is 2. The molecule has 172 valence electrons. The molecule has 0 saturated carbocycles. The van der Waals surface area contributed by atoms with Gasteiger partial charge in [0.1, 0.15) is 12.3 Å². The maximum Gasteiger partial charge on any atom is 0.268 e. The number of nitrogens with zero attached hydrogens (tertiary/aromatic N) is 2. The van der Waals surface area contributed by atoms with Crippen LogP contribution in [-0.4, -0.2) is 49.0 Å². The van der Waals surface area contributed by atoms with Crippen LogP contribution >= 0.6 is 0 Å². The lowest BCUT2D eigenvalue weighted by Crippen LogP contribution is -2.49. The molecule has 1 aliphatic heterocycles. The van der Waals surface area contributed by atoms with E-state index in [9.17, 15) is 9.59 Å². The number of unbranched alkanes of at least 4 members (excludes halogenated alkanes) is 1. The van der Waals surface area contributed by atoms with Crippen LogP contribution in [0.25, 0.3) is 0 Å². The minimum atomic E-state index is -0.539. The Kier molecular flexibility index (Phi) is 9.11. The molecule has 0 aromatic heterocycles. The maximum atomic E-state index is 12.8. The van der Waals surface area contributed by atoms with Crippen molar-refractivity contribution in [2.45, 2.75) is 52.2 Å². The van der Waals surface area contributed by atoms with Crippen molar-refractivity contribution in [1.82, 2.24) is 10.2 Å². The summed E-state index contributed by atoms with van der Waals surface area (Å²) in [7, 11) is 0. The highest BCUT2D eigenvalue weighted by Crippen LogP contribution is 2.34. The molecule has 3 rings (SSSR count).